The molecule has 0 spiro atoms. The van der Waals surface area contributed by atoms with Crippen LogP contribution in [0.1, 0.15) is 93.7 Å². The van der Waals surface area contributed by atoms with Crippen molar-refractivity contribution in [3.05, 3.63) is 131 Å². The number of aryl methyl sites for hydroxylation is 3. The standard InChI is InChI=1S/C48H52N2/c1-31(2)13-9-8-10-14-34-17-19-38-36(27-34)18-20-41-40(38)22-24-50-46(30-42-33(4)25-32(3)26-43(42)47(41)50)45-28-35-15-11-12-16-39(35)44-29-37(48(5,6)7)21-23-49(44)45/h11-12,15-27,29,31H,8-10,13-14,28,30H2,1-7H3/q+2/b46-45+. The first-order valence-corrected chi connectivity index (χ1v) is 18.9. The zero-order valence-electron chi connectivity index (χ0n) is 31.2. The highest BCUT2D eigenvalue weighted by molar-refractivity contribution is 6.11. The van der Waals surface area contributed by atoms with E-state index in [9.17, 15) is 0 Å². The predicted octanol–water partition coefficient (Wildman–Crippen LogP) is 11.5. The second-order valence-corrected chi connectivity index (χ2v) is 16.5. The Morgan fingerprint density at radius 2 is 1.46 bits per heavy atom. The molecule has 0 radical (unpaired) electrons. The molecule has 0 bridgehead atoms. The second-order valence-electron chi connectivity index (χ2n) is 16.5. The number of benzene rings is 4. The van der Waals surface area contributed by atoms with E-state index in [2.05, 4.69) is 155 Å². The Morgan fingerprint density at radius 3 is 2.28 bits per heavy atom. The smallest absolute Gasteiger partial charge is 0.158 e. The number of hydrogen-bond acceptors (Lipinski definition) is 0. The van der Waals surface area contributed by atoms with Crippen molar-refractivity contribution in [2.75, 3.05) is 0 Å². The maximum atomic E-state index is 2.54. The van der Waals surface area contributed by atoms with Gasteiger partial charge in [0.05, 0.1) is 29.4 Å². The molecule has 50 heavy (non-hydrogen) atoms. The van der Waals surface area contributed by atoms with Gasteiger partial charge in [-0.2, -0.15) is 9.13 Å². The lowest BCUT2D eigenvalue weighted by Gasteiger charge is -2.24. The minimum absolute atomic E-state index is 0.0747. The molecular formula is C48H52N2+2. The van der Waals surface area contributed by atoms with E-state index in [4.69, 9.17) is 0 Å². The van der Waals surface area contributed by atoms with Crippen molar-refractivity contribution in [1.29, 1.82) is 0 Å². The largest absolute Gasteiger partial charge is 0.259 e. The van der Waals surface area contributed by atoms with E-state index in [0.717, 1.165) is 25.2 Å². The van der Waals surface area contributed by atoms with Gasteiger partial charge in [0, 0.05) is 23.6 Å². The van der Waals surface area contributed by atoms with Crippen LogP contribution in [0.3, 0.4) is 0 Å². The summed E-state index contributed by atoms with van der Waals surface area (Å²) in [5.74, 6) is 0.801. The third-order valence-electron chi connectivity index (χ3n) is 11.4. The van der Waals surface area contributed by atoms with Crippen LogP contribution >= 0.6 is 0 Å². The SMILES string of the molecule is Cc1cc(C)c2c(c1)-c1c3ccc4cc(CCCCCC(C)C)ccc4c3cc[n+]1/C(=C1\Cc3ccccc3-c3cc(C(C)(C)C)cc[n+]31)C2. The molecular weight excluding hydrogens is 605 g/mol. The number of nitrogens with zero attached hydrogens (tertiary/aromatic N) is 2. The van der Waals surface area contributed by atoms with Crippen LogP contribution in [0.2, 0.25) is 0 Å². The first-order chi connectivity index (χ1) is 24.1. The van der Waals surface area contributed by atoms with Crippen molar-refractivity contribution in [2.24, 2.45) is 5.92 Å². The third-order valence-corrected chi connectivity index (χ3v) is 11.4. The molecule has 2 heteroatoms. The lowest BCUT2D eigenvalue weighted by Crippen LogP contribution is -2.47. The fourth-order valence-electron chi connectivity index (χ4n) is 8.63. The highest BCUT2D eigenvalue weighted by atomic mass is 15.1. The molecule has 0 amide bonds. The lowest BCUT2D eigenvalue weighted by molar-refractivity contribution is -0.601. The molecule has 0 aliphatic carbocycles. The summed E-state index contributed by atoms with van der Waals surface area (Å²) in [6.45, 7) is 16.1. The van der Waals surface area contributed by atoms with E-state index < -0.39 is 0 Å². The van der Waals surface area contributed by atoms with E-state index in [1.54, 1.807) is 0 Å². The molecule has 6 aromatic rings. The number of pyridine rings is 2. The van der Waals surface area contributed by atoms with Gasteiger partial charge < -0.3 is 0 Å². The number of aromatic nitrogens is 2. The predicted molar refractivity (Wildman–Crippen MR) is 211 cm³/mol. The van der Waals surface area contributed by atoms with Gasteiger partial charge >= 0.3 is 0 Å². The fraction of sp³-hybridized carbons (Fsp3) is 0.333. The zero-order valence-corrected chi connectivity index (χ0v) is 31.2. The molecule has 0 fully saturated rings. The zero-order chi connectivity index (χ0) is 34.7. The Morgan fingerprint density at radius 1 is 0.680 bits per heavy atom. The van der Waals surface area contributed by atoms with Crippen molar-refractivity contribution in [3.63, 3.8) is 0 Å². The van der Waals surface area contributed by atoms with E-state index in [0.29, 0.717) is 0 Å². The van der Waals surface area contributed by atoms with Crippen molar-refractivity contribution in [2.45, 2.75) is 98.8 Å². The Bertz CT molecular complexity index is 2330. The molecule has 4 heterocycles. The van der Waals surface area contributed by atoms with E-state index >= 15 is 0 Å². The van der Waals surface area contributed by atoms with Crippen molar-refractivity contribution in [3.8, 4) is 22.5 Å². The van der Waals surface area contributed by atoms with Crippen LogP contribution in [-0.2, 0) is 24.7 Å². The summed E-state index contributed by atoms with van der Waals surface area (Å²) in [6.07, 6.45) is 12.9. The lowest BCUT2D eigenvalue weighted by atomic mass is 9.84. The highest BCUT2D eigenvalue weighted by Crippen LogP contribution is 2.41. The van der Waals surface area contributed by atoms with E-state index in [1.807, 2.05) is 0 Å². The van der Waals surface area contributed by atoms with Gasteiger partial charge in [0.1, 0.15) is 0 Å². The quantitative estimate of drug-likeness (QED) is 0.0957. The summed E-state index contributed by atoms with van der Waals surface area (Å²) in [7, 11) is 0. The van der Waals surface area contributed by atoms with Gasteiger partial charge in [-0.1, -0.05) is 108 Å². The molecule has 4 aromatic carbocycles. The Labute approximate surface area is 299 Å². The van der Waals surface area contributed by atoms with Gasteiger partial charge in [-0.15, -0.1) is 0 Å². The van der Waals surface area contributed by atoms with Crippen molar-refractivity contribution >= 4 is 32.9 Å². The molecule has 252 valence electrons. The first-order valence-electron chi connectivity index (χ1n) is 18.9. The Kier molecular flexibility index (Phi) is 8.25. The number of allylic oxidation sites excluding steroid dienone is 2. The summed E-state index contributed by atoms with van der Waals surface area (Å²) < 4.78 is 5.03. The molecule has 0 N–H and O–H groups in total. The molecule has 0 unspecified atom stereocenters. The van der Waals surface area contributed by atoms with Gasteiger partial charge in [-0.3, -0.25) is 0 Å². The van der Waals surface area contributed by atoms with Crippen LogP contribution in [0.15, 0.2) is 97.3 Å². The molecule has 0 saturated heterocycles. The molecule has 2 aliphatic rings. The minimum Gasteiger partial charge on any atom is -0.158 e. The molecule has 2 nitrogen and oxygen atoms in total. The monoisotopic (exact) mass is 656 g/mol. The normalized spacial score (nSPS) is 15.3. The average molecular weight is 657 g/mol. The first kappa shape index (κ1) is 32.6. The Hall–Kier alpha value is -4.56. The van der Waals surface area contributed by atoms with Gasteiger partial charge in [-0.25, -0.2) is 0 Å². The number of unbranched alkanes of at least 4 members (excludes halogenated alkanes) is 2. The average Bonchev–Trinajstić information content (AvgIpc) is 3.09. The Balaban J connectivity index is 1.31. The maximum Gasteiger partial charge on any atom is 0.259 e. The summed E-state index contributed by atoms with van der Waals surface area (Å²) in [5.41, 5.74) is 16.5. The highest BCUT2D eigenvalue weighted by Gasteiger charge is 2.40. The number of rotatable bonds is 6. The topological polar surface area (TPSA) is 7.76 Å². The van der Waals surface area contributed by atoms with Crippen LogP contribution in [0.5, 0.6) is 0 Å². The van der Waals surface area contributed by atoms with Crippen LogP contribution in [0.25, 0.3) is 55.5 Å². The molecule has 0 saturated carbocycles. The third kappa shape index (κ3) is 5.77. The van der Waals surface area contributed by atoms with Crippen molar-refractivity contribution in [1.82, 2.24) is 0 Å². The van der Waals surface area contributed by atoms with E-state index in [-0.39, 0.29) is 5.41 Å². The van der Waals surface area contributed by atoms with Gasteiger partial charge in [0.2, 0.25) is 11.4 Å². The van der Waals surface area contributed by atoms with Crippen LogP contribution in [0.4, 0.5) is 0 Å². The maximum absolute atomic E-state index is 2.54. The summed E-state index contributed by atoms with van der Waals surface area (Å²) in [6, 6.07) is 32.9. The second kappa shape index (κ2) is 12.6. The summed E-state index contributed by atoms with van der Waals surface area (Å²) in [4.78, 5) is 0. The van der Waals surface area contributed by atoms with Crippen LogP contribution < -0.4 is 9.13 Å². The summed E-state index contributed by atoms with van der Waals surface area (Å²) >= 11 is 0. The van der Waals surface area contributed by atoms with Gasteiger partial charge in [0.15, 0.2) is 12.4 Å². The fourth-order valence-corrected chi connectivity index (χ4v) is 8.63. The molecule has 2 aromatic heterocycles. The molecule has 0 atom stereocenters. The van der Waals surface area contributed by atoms with Gasteiger partial charge in [-0.05, 0) is 94.8 Å². The van der Waals surface area contributed by atoms with Crippen LogP contribution in [0, 0.1) is 19.8 Å². The minimum atomic E-state index is 0.0747. The number of hydrogen-bond donors (Lipinski definition) is 0. The molecule has 8 rings (SSSR count). The van der Waals surface area contributed by atoms with Gasteiger partial charge in [0.25, 0.3) is 11.4 Å². The molecule has 2 aliphatic heterocycles. The van der Waals surface area contributed by atoms with Crippen LogP contribution in [-0.4, -0.2) is 0 Å². The van der Waals surface area contributed by atoms with E-state index in [1.165, 1.54) is 115 Å². The van der Waals surface area contributed by atoms with Crippen molar-refractivity contribution < 1.29 is 9.13 Å². The number of fused-ring (bicyclic) bond motifs is 10. The summed E-state index contributed by atoms with van der Waals surface area (Å²) in [5, 5.41) is 5.36.